The Morgan fingerprint density at radius 2 is 2.18 bits per heavy atom. The van der Waals surface area contributed by atoms with E-state index in [0.717, 1.165) is 35.0 Å². The van der Waals surface area contributed by atoms with Crippen LogP contribution in [0.1, 0.15) is 12.0 Å². The van der Waals surface area contributed by atoms with Gasteiger partial charge in [0.05, 0.1) is 6.54 Å². The lowest BCUT2D eigenvalue weighted by Crippen LogP contribution is -2.46. The quantitative estimate of drug-likeness (QED) is 0.622. The van der Waals surface area contributed by atoms with E-state index < -0.39 is 0 Å². The molecular weight excluding hydrogens is 374 g/mol. The van der Waals surface area contributed by atoms with Gasteiger partial charge in [-0.15, -0.1) is 11.3 Å². The summed E-state index contributed by atoms with van der Waals surface area (Å²) in [5.74, 6) is 0.668. The average molecular weight is 395 g/mol. The number of carbonyl (C=O) groups is 1. The summed E-state index contributed by atoms with van der Waals surface area (Å²) in [5, 5.41) is 13.9. The first-order chi connectivity index (χ1) is 13.7. The summed E-state index contributed by atoms with van der Waals surface area (Å²) in [7, 11) is 0. The van der Waals surface area contributed by atoms with Gasteiger partial charge in [0.1, 0.15) is 12.6 Å². The van der Waals surface area contributed by atoms with Gasteiger partial charge in [-0.3, -0.25) is 10.2 Å². The molecule has 1 fully saturated rings. The molecule has 7 heteroatoms. The topological polar surface area (TPSA) is 73.8 Å². The largest absolute Gasteiger partial charge is 0.504 e. The number of fused-ring (bicyclic) bond motifs is 2. The molecule has 1 amide bonds. The number of aromatic hydroxyl groups is 1. The van der Waals surface area contributed by atoms with Crippen LogP contribution in [0, 0.1) is 0 Å². The second-order valence-corrected chi connectivity index (χ2v) is 8.06. The van der Waals surface area contributed by atoms with Gasteiger partial charge in [-0.1, -0.05) is 18.2 Å². The number of hydrazine groups is 1. The molecule has 0 aliphatic carbocycles. The summed E-state index contributed by atoms with van der Waals surface area (Å²) >= 11 is 1.69. The molecule has 28 heavy (non-hydrogen) atoms. The van der Waals surface area contributed by atoms with Crippen LogP contribution in [0.3, 0.4) is 0 Å². The lowest BCUT2D eigenvalue weighted by Gasteiger charge is -2.23. The molecule has 3 aromatic rings. The minimum absolute atomic E-state index is 0.0623. The first-order valence-corrected chi connectivity index (χ1v) is 10.3. The average Bonchev–Trinajstić information content (AvgIpc) is 3.33. The van der Waals surface area contributed by atoms with Gasteiger partial charge >= 0.3 is 0 Å². The van der Waals surface area contributed by atoms with Crippen LogP contribution in [-0.2, 0) is 11.3 Å². The molecule has 3 heterocycles. The van der Waals surface area contributed by atoms with E-state index in [0.29, 0.717) is 25.4 Å². The number of rotatable bonds is 2. The summed E-state index contributed by atoms with van der Waals surface area (Å²) in [6.45, 7) is 2.08. The molecule has 2 aromatic carbocycles. The Labute approximate surface area is 166 Å². The third kappa shape index (κ3) is 3.01. The van der Waals surface area contributed by atoms with Crippen LogP contribution in [0.4, 0.5) is 0 Å². The second kappa shape index (κ2) is 7.09. The van der Waals surface area contributed by atoms with E-state index in [9.17, 15) is 9.90 Å². The van der Waals surface area contributed by atoms with Gasteiger partial charge < -0.3 is 14.7 Å². The van der Waals surface area contributed by atoms with Crippen molar-refractivity contribution in [2.24, 2.45) is 0 Å². The van der Waals surface area contributed by atoms with Crippen LogP contribution >= 0.6 is 11.3 Å². The van der Waals surface area contributed by atoms with Crippen LogP contribution in [0.2, 0.25) is 0 Å². The number of nitrogens with one attached hydrogen (secondary N) is 2. The Balaban J connectivity index is 1.52. The summed E-state index contributed by atoms with van der Waals surface area (Å²) < 4.78 is 7.01. The van der Waals surface area contributed by atoms with Gasteiger partial charge in [0.2, 0.25) is 5.91 Å². The molecule has 1 unspecified atom stereocenters. The second-order valence-electron chi connectivity index (χ2n) is 7.15. The standard InChI is InChI=1S/C21H21N3O3S/c25-18-10-13(16-12-28-19-4-2-1-3-15(16)19)9-14-11-24(7-8-27-20(14)18)21(26)17-5-6-22-23-17/h1-4,9-10,12,17,22-23,25H,5-8,11H2. The molecule has 1 aromatic heterocycles. The minimum atomic E-state index is -0.209. The Morgan fingerprint density at radius 3 is 3.04 bits per heavy atom. The third-order valence-electron chi connectivity index (χ3n) is 5.35. The smallest absolute Gasteiger partial charge is 0.241 e. The molecule has 0 saturated carbocycles. The molecule has 3 N–H and O–H groups in total. The molecule has 0 radical (unpaired) electrons. The fourth-order valence-corrected chi connectivity index (χ4v) is 4.90. The third-order valence-corrected chi connectivity index (χ3v) is 6.31. The van der Waals surface area contributed by atoms with Crippen molar-refractivity contribution in [1.82, 2.24) is 15.8 Å². The number of benzene rings is 2. The van der Waals surface area contributed by atoms with E-state index in [-0.39, 0.29) is 17.7 Å². The fourth-order valence-electron chi connectivity index (χ4n) is 3.93. The van der Waals surface area contributed by atoms with E-state index in [1.807, 2.05) is 23.1 Å². The SMILES string of the molecule is O=C(C1CCNN1)N1CCOc2c(O)cc(-c3csc4ccccc34)cc2C1. The number of hydrogen-bond donors (Lipinski definition) is 3. The number of amides is 1. The van der Waals surface area contributed by atoms with Gasteiger partial charge in [0.25, 0.3) is 0 Å². The minimum Gasteiger partial charge on any atom is -0.504 e. The van der Waals surface area contributed by atoms with E-state index in [1.165, 1.54) is 4.70 Å². The van der Waals surface area contributed by atoms with Crippen LogP contribution in [-0.4, -0.2) is 41.7 Å². The van der Waals surface area contributed by atoms with Crippen LogP contribution in [0.25, 0.3) is 21.2 Å². The van der Waals surface area contributed by atoms with Crippen molar-refractivity contribution >= 4 is 27.3 Å². The van der Waals surface area contributed by atoms with Gasteiger partial charge in [-0.25, -0.2) is 5.43 Å². The van der Waals surface area contributed by atoms with Crippen LogP contribution in [0.15, 0.2) is 41.8 Å². The predicted octanol–water partition coefficient (Wildman–Crippen LogP) is 2.86. The Bertz CT molecular complexity index is 1040. The Morgan fingerprint density at radius 1 is 1.29 bits per heavy atom. The molecule has 5 rings (SSSR count). The first-order valence-electron chi connectivity index (χ1n) is 9.43. The first kappa shape index (κ1) is 17.5. The van der Waals surface area contributed by atoms with Gasteiger partial charge in [-0.2, -0.15) is 0 Å². The maximum absolute atomic E-state index is 12.8. The molecule has 2 aliphatic rings. The lowest BCUT2D eigenvalue weighted by atomic mass is 10.0. The molecule has 1 saturated heterocycles. The van der Waals surface area contributed by atoms with E-state index >= 15 is 0 Å². The number of carbonyl (C=O) groups excluding carboxylic acids is 1. The number of ether oxygens (including phenoxy) is 1. The van der Waals surface area contributed by atoms with Crippen molar-refractivity contribution in [2.75, 3.05) is 19.7 Å². The zero-order valence-corrected chi connectivity index (χ0v) is 16.1. The van der Waals surface area contributed by atoms with E-state index in [4.69, 9.17) is 4.74 Å². The van der Waals surface area contributed by atoms with Crippen molar-refractivity contribution in [2.45, 2.75) is 19.0 Å². The number of phenols is 1. The lowest BCUT2D eigenvalue weighted by molar-refractivity contribution is -0.133. The molecule has 6 nitrogen and oxygen atoms in total. The van der Waals surface area contributed by atoms with Crippen molar-refractivity contribution in [3.05, 3.63) is 47.3 Å². The summed E-state index contributed by atoms with van der Waals surface area (Å²) in [6.07, 6.45) is 0.773. The van der Waals surface area contributed by atoms with Crippen molar-refractivity contribution in [3.63, 3.8) is 0 Å². The molecule has 0 spiro atoms. The number of phenolic OH excluding ortho intramolecular Hbond substituents is 1. The highest BCUT2D eigenvalue weighted by atomic mass is 32.1. The summed E-state index contributed by atoms with van der Waals surface area (Å²) in [5.41, 5.74) is 8.90. The van der Waals surface area contributed by atoms with Crippen LogP contribution in [0.5, 0.6) is 11.5 Å². The zero-order valence-electron chi connectivity index (χ0n) is 15.3. The Hall–Kier alpha value is -2.61. The molecule has 144 valence electrons. The van der Waals surface area contributed by atoms with Gasteiger partial charge in [0.15, 0.2) is 11.5 Å². The van der Waals surface area contributed by atoms with Crippen molar-refractivity contribution in [3.8, 4) is 22.6 Å². The highest BCUT2D eigenvalue weighted by Crippen LogP contribution is 2.41. The van der Waals surface area contributed by atoms with Crippen molar-refractivity contribution in [1.29, 1.82) is 0 Å². The van der Waals surface area contributed by atoms with E-state index in [2.05, 4.69) is 28.4 Å². The summed E-state index contributed by atoms with van der Waals surface area (Å²) in [6, 6.07) is 11.8. The fraction of sp³-hybridized carbons (Fsp3) is 0.286. The number of hydrogen-bond acceptors (Lipinski definition) is 6. The number of thiophene rings is 1. The molecule has 1 atom stereocenters. The Kier molecular flexibility index (Phi) is 4.43. The van der Waals surface area contributed by atoms with Gasteiger partial charge in [0, 0.05) is 34.3 Å². The van der Waals surface area contributed by atoms with Crippen molar-refractivity contribution < 1.29 is 14.6 Å². The van der Waals surface area contributed by atoms with Crippen LogP contribution < -0.4 is 15.6 Å². The molecule has 2 aliphatic heterocycles. The maximum Gasteiger partial charge on any atom is 0.241 e. The zero-order chi connectivity index (χ0) is 19.1. The predicted molar refractivity (Wildman–Crippen MR) is 109 cm³/mol. The summed E-state index contributed by atoms with van der Waals surface area (Å²) in [4.78, 5) is 14.7. The van der Waals surface area contributed by atoms with E-state index in [1.54, 1.807) is 17.4 Å². The molecular formula is C21H21N3O3S. The normalized spacial score (nSPS) is 19.3. The number of nitrogens with zero attached hydrogens (tertiary/aromatic N) is 1. The molecule has 0 bridgehead atoms. The monoisotopic (exact) mass is 395 g/mol. The van der Waals surface area contributed by atoms with Gasteiger partial charge in [-0.05, 0) is 35.6 Å². The highest BCUT2D eigenvalue weighted by Gasteiger charge is 2.29. The highest BCUT2D eigenvalue weighted by molar-refractivity contribution is 7.17. The maximum atomic E-state index is 12.8.